The average Bonchev–Trinajstić information content (AvgIpc) is 3.15. The lowest BCUT2D eigenvalue weighted by Gasteiger charge is -2.05. The fourth-order valence-electron chi connectivity index (χ4n) is 2.81. The van der Waals surface area contributed by atoms with Crippen LogP contribution in [-0.2, 0) is 13.1 Å². The summed E-state index contributed by atoms with van der Waals surface area (Å²) in [6.45, 7) is 0.534. The highest BCUT2D eigenvalue weighted by Gasteiger charge is 2.14. The van der Waals surface area contributed by atoms with E-state index in [1.54, 1.807) is 12.4 Å². The van der Waals surface area contributed by atoms with Crippen molar-refractivity contribution in [3.05, 3.63) is 104 Å². The quantitative estimate of drug-likeness (QED) is 0.528. The molecule has 0 saturated heterocycles. The Morgan fingerprint density at radius 3 is 2.48 bits per heavy atom. The number of pyridine rings is 1. The first-order valence-electron chi connectivity index (χ1n) is 8.59. The van der Waals surface area contributed by atoms with Crippen LogP contribution < -0.4 is 16.6 Å². The van der Waals surface area contributed by atoms with Gasteiger partial charge in [-0.05, 0) is 23.3 Å². The summed E-state index contributed by atoms with van der Waals surface area (Å²) in [5, 5.41) is 2.81. The summed E-state index contributed by atoms with van der Waals surface area (Å²) in [6.07, 6.45) is 4.79. The lowest BCUT2D eigenvalue weighted by atomic mass is 10.2. The van der Waals surface area contributed by atoms with Crippen molar-refractivity contribution in [2.24, 2.45) is 0 Å². The molecule has 0 aliphatic carbocycles. The molecule has 0 atom stereocenters. The largest absolute Gasteiger partial charge is 0.347 e. The number of amides is 1. The van der Waals surface area contributed by atoms with Crippen LogP contribution in [0.3, 0.4) is 0 Å². The Morgan fingerprint density at radius 2 is 1.76 bits per heavy atom. The molecule has 3 aromatic heterocycles. The van der Waals surface area contributed by atoms with E-state index < -0.39 is 5.69 Å². The number of rotatable bonds is 5. The average molecular weight is 429 g/mol. The minimum Gasteiger partial charge on any atom is -0.347 e. The molecule has 0 unspecified atom stereocenters. The highest BCUT2D eigenvalue weighted by atomic mass is 35.5. The van der Waals surface area contributed by atoms with Gasteiger partial charge in [-0.1, -0.05) is 30.3 Å². The van der Waals surface area contributed by atoms with Gasteiger partial charge in [-0.25, -0.2) is 4.79 Å². The van der Waals surface area contributed by atoms with E-state index in [0.29, 0.717) is 16.3 Å². The topological polar surface area (TPSA) is 85.5 Å². The van der Waals surface area contributed by atoms with Crippen molar-refractivity contribution >= 4 is 34.5 Å². The van der Waals surface area contributed by atoms with Gasteiger partial charge in [0.2, 0.25) is 0 Å². The van der Waals surface area contributed by atoms with Crippen LogP contribution in [0.15, 0.2) is 76.7 Å². The van der Waals surface area contributed by atoms with Crippen molar-refractivity contribution < 1.29 is 4.79 Å². The third-order valence-electron chi connectivity index (χ3n) is 4.26. The van der Waals surface area contributed by atoms with Crippen LogP contribution in [-0.4, -0.2) is 19.9 Å². The molecule has 4 rings (SSSR count). The number of carbonyl (C=O) groups is 1. The number of nitrogens with one attached hydrogen (secondary N) is 1. The minimum atomic E-state index is -0.462. The first-order valence-corrected chi connectivity index (χ1v) is 9.40. The lowest BCUT2D eigenvalue weighted by Crippen LogP contribution is -2.36. The number of halogens is 1. The molecule has 148 valence electrons. The summed E-state index contributed by atoms with van der Waals surface area (Å²) in [4.78, 5) is 42.3. The molecule has 0 fully saturated rings. The minimum absolute atomic E-state index is 0. The number of hydrogen-bond acceptors (Lipinski definition) is 5. The zero-order valence-corrected chi connectivity index (χ0v) is 16.8. The second-order valence-corrected chi connectivity index (χ2v) is 7.24. The highest BCUT2D eigenvalue weighted by molar-refractivity contribution is 7.19. The van der Waals surface area contributed by atoms with Crippen molar-refractivity contribution in [2.45, 2.75) is 13.1 Å². The molecule has 1 N–H and O–H groups in total. The van der Waals surface area contributed by atoms with Gasteiger partial charge in [0.1, 0.15) is 9.71 Å². The van der Waals surface area contributed by atoms with Crippen molar-refractivity contribution in [2.75, 3.05) is 0 Å². The van der Waals surface area contributed by atoms with Gasteiger partial charge < -0.3 is 5.32 Å². The first-order chi connectivity index (χ1) is 13.6. The normalized spacial score (nSPS) is 10.5. The van der Waals surface area contributed by atoms with Crippen LogP contribution in [0.1, 0.15) is 20.8 Å². The second-order valence-electron chi connectivity index (χ2n) is 6.18. The molecular formula is C20H17ClN4O3S. The molecule has 3 heterocycles. The zero-order valence-electron chi connectivity index (χ0n) is 15.1. The van der Waals surface area contributed by atoms with E-state index in [-0.39, 0.29) is 30.4 Å². The predicted molar refractivity (Wildman–Crippen MR) is 114 cm³/mol. The molecule has 7 nitrogen and oxygen atoms in total. The summed E-state index contributed by atoms with van der Waals surface area (Å²) >= 11 is 1.11. The number of hydrogen-bond donors (Lipinski definition) is 1. The molecule has 0 bridgehead atoms. The Bertz CT molecular complexity index is 1250. The Labute approximate surface area is 175 Å². The van der Waals surface area contributed by atoms with E-state index >= 15 is 0 Å². The van der Waals surface area contributed by atoms with E-state index in [0.717, 1.165) is 27.0 Å². The van der Waals surface area contributed by atoms with Gasteiger partial charge in [-0.3, -0.25) is 23.5 Å². The van der Waals surface area contributed by atoms with Gasteiger partial charge in [0.15, 0.2) is 0 Å². The van der Waals surface area contributed by atoms with Gasteiger partial charge in [0.25, 0.3) is 11.5 Å². The molecule has 29 heavy (non-hydrogen) atoms. The Kier molecular flexibility index (Phi) is 6.26. The Hall–Kier alpha value is -3.23. The number of benzene rings is 1. The fourth-order valence-corrected chi connectivity index (χ4v) is 3.75. The third kappa shape index (κ3) is 4.44. The molecule has 1 amide bonds. The molecule has 9 heteroatoms. The maximum Gasteiger partial charge on any atom is 0.336 e. The summed E-state index contributed by atoms with van der Waals surface area (Å²) in [6, 6.07) is 14.3. The van der Waals surface area contributed by atoms with E-state index in [1.165, 1.54) is 16.7 Å². The van der Waals surface area contributed by atoms with Crippen molar-refractivity contribution in [3.8, 4) is 0 Å². The number of thiazole rings is 1. The summed E-state index contributed by atoms with van der Waals surface area (Å²) in [5.74, 6) is -0.299. The Balaban J connectivity index is 0.00000240. The van der Waals surface area contributed by atoms with Crippen LogP contribution in [0.5, 0.6) is 0 Å². The van der Waals surface area contributed by atoms with E-state index in [2.05, 4.69) is 10.3 Å². The summed E-state index contributed by atoms with van der Waals surface area (Å²) < 4.78 is 2.50. The van der Waals surface area contributed by atoms with Crippen molar-refractivity contribution in [3.63, 3.8) is 0 Å². The predicted octanol–water partition coefficient (Wildman–Crippen LogP) is 2.32. The van der Waals surface area contributed by atoms with Gasteiger partial charge in [0.05, 0.1) is 6.54 Å². The van der Waals surface area contributed by atoms with Crippen molar-refractivity contribution in [1.29, 1.82) is 0 Å². The van der Waals surface area contributed by atoms with Crippen LogP contribution in [0, 0.1) is 0 Å². The van der Waals surface area contributed by atoms with Crippen LogP contribution >= 0.6 is 23.7 Å². The van der Waals surface area contributed by atoms with Crippen LogP contribution in [0.4, 0.5) is 0 Å². The highest BCUT2D eigenvalue weighted by Crippen LogP contribution is 2.15. The first kappa shape index (κ1) is 20.5. The van der Waals surface area contributed by atoms with Gasteiger partial charge >= 0.3 is 5.69 Å². The van der Waals surface area contributed by atoms with E-state index in [1.807, 2.05) is 42.5 Å². The van der Waals surface area contributed by atoms with E-state index in [4.69, 9.17) is 0 Å². The standard InChI is InChI=1S/C20H16N4O3S.ClH/c25-17-10-18-24(20(27)23(17)12-15-4-2-1-3-5-15)13-16(28-18)19(26)22-11-14-6-8-21-9-7-14;/h1-10,13H,11-12H2,(H,22,26);1H. The molecule has 0 saturated carbocycles. The summed E-state index contributed by atoms with van der Waals surface area (Å²) in [7, 11) is 0. The third-order valence-corrected chi connectivity index (χ3v) is 5.29. The maximum absolute atomic E-state index is 12.8. The number of carbonyl (C=O) groups excluding carboxylic acids is 1. The molecule has 0 spiro atoms. The summed E-state index contributed by atoms with van der Waals surface area (Å²) in [5.41, 5.74) is 0.923. The number of fused-ring (bicyclic) bond motifs is 1. The molecule has 4 aromatic rings. The van der Waals surface area contributed by atoms with Crippen LogP contribution in [0.25, 0.3) is 4.83 Å². The van der Waals surface area contributed by atoms with Gasteiger partial charge in [-0.15, -0.1) is 23.7 Å². The molecule has 0 aliphatic rings. The smallest absolute Gasteiger partial charge is 0.336 e. The lowest BCUT2D eigenvalue weighted by molar-refractivity contribution is 0.0954. The molecule has 1 aromatic carbocycles. The second kappa shape index (κ2) is 8.85. The number of nitrogens with zero attached hydrogens (tertiary/aromatic N) is 3. The zero-order chi connectivity index (χ0) is 19.5. The van der Waals surface area contributed by atoms with Gasteiger partial charge in [0, 0.05) is 31.2 Å². The molecule has 0 aliphatic heterocycles. The monoisotopic (exact) mass is 428 g/mol. The Morgan fingerprint density at radius 1 is 1.03 bits per heavy atom. The van der Waals surface area contributed by atoms with E-state index in [9.17, 15) is 14.4 Å². The SMILES string of the molecule is Cl.O=C(NCc1ccncc1)c1cn2c(=O)n(Cc3ccccc3)c(=O)cc2s1. The number of aromatic nitrogens is 3. The van der Waals surface area contributed by atoms with Gasteiger partial charge in [-0.2, -0.15) is 0 Å². The van der Waals surface area contributed by atoms with Crippen molar-refractivity contribution in [1.82, 2.24) is 19.3 Å². The molecular weight excluding hydrogens is 412 g/mol. The molecule has 0 radical (unpaired) electrons. The van der Waals surface area contributed by atoms with Crippen LogP contribution in [0.2, 0.25) is 0 Å². The fraction of sp³-hybridized carbons (Fsp3) is 0.100. The maximum atomic E-state index is 12.8.